The average Bonchev–Trinajstić information content (AvgIpc) is 3.16. The van der Waals surface area contributed by atoms with Gasteiger partial charge in [-0.1, -0.05) is 17.7 Å². The Bertz CT molecular complexity index is 1620. The molecule has 9 heteroatoms. The number of rotatable bonds is 2. The van der Waals surface area contributed by atoms with Crippen molar-refractivity contribution in [3.63, 3.8) is 0 Å². The van der Waals surface area contributed by atoms with Gasteiger partial charge in [0.2, 0.25) is 0 Å². The molecule has 1 aromatic carbocycles. The molecule has 150 valence electrons. The molecule has 4 heterocycles. The summed E-state index contributed by atoms with van der Waals surface area (Å²) in [6.07, 6.45) is 1.46. The van der Waals surface area contributed by atoms with Crippen LogP contribution in [0.3, 0.4) is 0 Å². The highest BCUT2D eigenvalue weighted by molar-refractivity contribution is 6.30. The lowest BCUT2D eigenvalue weighted by molar-refractivity contribution is 0.630. The number of aromatic nitrogens is 5. The van der Waals surface area contributed by atoms with Gasteiger partial charge in [0.25, 0.3) is 5.56 Å². The van der Waals surface area contributed by atoms with Gasteiger partial charge in [-0.25, -0.2) is 14.4 Å². The number of hydrogen-bond acceptors (Lipinski definition) is 5. The Morgan fingerprint density at radius 3 is 2.77 bits per heavy atom. The lowest BCUT2D eigenvalue weighted by atomic mass is 10.00. The lowest BCUT2D eigenvalue weighted by Gasteiger charge is -2.09. The molecular formula is C22H12ClFN6O. The Labute approximate surface area is 179 Å². The van der Waals surface area contributed by atoms with Crippen LogP contribution in [0.5, 0.6) is 0 Å². The molecule has 5 rings (SSSR count). The normalized spacial score (nSPS) is 11.2. The number of fused-ring (bicyclic) bond motifs is 2. The fourth-order valence-electron chi connectivity index (χ4n) is 3.62. The summed E-state index contributed by atoms with van der Waals surface area (Å²) in [5, 5.41) is 10.2. The molecular weight excluding hydrogens is 419 g/mol. The number of halogens is 2. The largest absolute Gasteiger partial charge is 0.338 e. The molecule has 0 bridgehead atoms. The molecule has 0 aliphatic rings. The minimum atomic E-state index is -0.577. The molecule has 0 saturated heterocycles. The highest BCUT2D eigenvalue weighted by atomic mass is 35.5. The molecule has 0 fully saturated rings. The van der Waals surface area contributed by atoms with E-state index in [4.69, 9.17) is 11.6 Å². The number of hydrogen-bond donors (Lipinski definition) is 2. The van der Waals surface area contributed by atoms with Crippen molar-refractivity contribution in [2.75, 3.05) is 0 Å². The minimum absolute atomic E-state index is 0.0741. The van der Waals surface area contributed by atoms with E-state index in [1.807, 2.05) is 6.07 Å². The number of imidazole rings is 1. The summed E-state index contributed by atoms with van der Waals surface area (Å²) in [7, 11) is 0. The third kappa shape index (κ3) is 3.03. The summed E-state index contributed by atoms with van der Waals surface area (Å²) in [6.45, 7) is 1.77. The van der Waals surface area contributed by atoms with Crippen molar-refractivity contribution in [2.24, 2.45) is 0 Å². The molecule has 0 spiro atoms. The van der Waals surface area contributed by atoms with Gasteiger partial charge in [0, 0.05) is 17.6 Å². The van der Waals surface area contributed by atoms with Crippen molar-refractivity contribution >= 4 is 33.5 Å². The summed E-state index contributed by atoms with van der Waals surface area (Å²) >= 11 is 6.02. The van der Waals surface area contributed by atoms with E-state index in [-0.39, 0.29) is 27.9 Å². The number of aryl methyl sites for hydroxylation is 1. The highest BCUT2D eigenvalue weighted by Gasteiger charge is 2.18. The maximum Gasteiger partial charge on any atom is 0.259 e. The molecule has 0 atom stereocenters. The highest BCUT2D eigenvalue weighted by Crippen LogP contribution is 2.32. The van der Waals surface area contributed by atoms with Crippen LogP contribution in [0.4, 0.5) is 4.39 Å². The summed E-state index contributed by atoms with van der Waals surface area (Å²) in [5.74, 6) is -0.263. The third-order valence-corrected chi connectivity index (χ3v) is 5.20. The van der Waals surface area contributed by atoms with E-state index in [1.54, 1.807) is 25.1 Å². The standard InChI is InChI=1S/C22H12ClFN6O/c1-10-19-16(8-17(23)27-10)28-21(30-19)13-7-12-15(29-22(13)31)5-6-26-20(12)18-11(9-25)3-2-4-14(18)24/h2-8H,1H3,(H,28,30)(H,29,31). The first-order chi connectivity index (χ1) is 15.0. The number of pyridine rings is 3. The fraction of sp³-hybridized carbons (Fsp3) is 0.0455. The van der Waals surface area contributed by atoms with E-state index in [0.29, 0.717) is 38.6 Å². The van der Waals surface area contributed by atoms with Crippen LogP contribution >= 0.6 is 11.6 Å². The van der Waals surface area contributed by atoms with Crippen LogP contribution in [0.2, 0.25) is 5.15 Å². The van der Waals surface area contributed by atoms with Gasteiger partial charge in [0.15, 0.2) is 0 Å². The first kappa shape index (κ1) is 18.9. The zero-order valence-corrected chi connectivity index (χ0v) is 16.8. The van der Waals surface area contributed by atoms with Gasteiger partial charge in [-0.3, -0.25) is 9.78 Å². The Hall–Kier alpha value is -4.09. The topological polar surface area (TPSA) is 111 Å². The molecule has 0 aliphatic heterocycles. The van der Waals surface area contributed by atoms with Crippen molar-refractivity contribution in [1.82, 2.24) is 24.9 Å². The van der Waals surface area contributed by atoms with Crippen molar-refractivity contribution < 1.29 is 4.39 Å². The van der Waals surface area contributed by atoms with Crippen molar-refractivity contribution in [3.8, 4) is 28.7 Å². The Morgan fingerprint density at radius 2 is 1.97 bits per heavy atom. The van der Waals surface area contributed by atoms with Crippen LogP contribution in [-0.2, 0) is 0 Å². The molecule has 0 aliphatic carbocycles. The monoisotopic (exact) mass is 430 g/mol. The summed E-state index contributed by atoms with van der Waals surface area (Å²) in [4.78, 5) is 31.7. The smallest absolute Gasteiger partial charge is 0.259 e. The molecule has 0 unspecified atom stereocenters. The van der Waals surface area contributed by atoms with Crippen LogP contribution in [0, 0.1) is 24.1 Å². The van der Waals surface area contributed by atoms with Crippen molar-refractivity contribution in [3.05, 3.63) is 75.2 Å². The van der Waals surface area contributed by atoms with Gasteiger partial charge >= 0.3 is 0 Å². The average molecular weight is 431 g/mol. The Morgan fingerprint density at radius 1 is 1.13 bits per heavy atom. The third-order valence-electron chi connectivity index (χ3n) is 5.01. The second kappa shape index (κ2) is 7.00. The first-order valence-electron chi connectivity index (χ1n) is 9.20. The van der Waals surface area contributed by atoms with Crippen LogP contribution in [0.1, 0.15) is 11.3 Å². The van der Waals surface area contributed by atoms with Gasteiger partial charge in [0.1, 0.15) is 22.3 Å². The van der Waals surface area contributed by atoms with E-state index >= 15 is 0 Å². The van der Waals surface area contributed by atoms with Gasteiger partial charge in [0.05, 0.1) is 45.2 Å². The van der Waals surface area contributed by atoms with E-state index in [0.717, 1.165) is 0 Å². The minimum Gasteiger partial charge on any atom is -0.338 e. The van der Waals surface area contributed by atoms with Crippen molar-refractivity contribution in [1.29, 1.82) is 5.26 Å². The van der Waals surface area contributed by atoms with Gasteiger partial charge in [-0.2, -0.15) is 5.26 Å². The zero-order chi connectivity index (χ0) is 21.7. The fourth-order valence-corrected chi connectivity index (χ4v) is 3.86. The molecule has 5 aromatic rings. The SMILES string of the molecule is Cc1nc(Cl)cc2[nH]c(-c3cc4c(-c5c(F)cccc5C#N)nccc4[nH]c3=O)nc12. The second-order valence-corrected chi connectivity index (χ2v) is 7.31. The van der Waals surface area contributed by atoms with Crippen LogP contribution in [0.25, 0.3) is 44.6 Å². The number of H-pyrrole nitrogens is 2. The van der Waals surface area contributed by atoms with E-state index in [9.17, 15) is 14.4 Å². The van der Waals surface area contributed by atoms with Gasteiger partial charge in [-0.05, 0) is 31.2 Å². The molecule has 2 N–H and O–H groups in total. The quantitative estimate of drug-likeness (QED) is 0.400. The van der Waals surface area contributed by atoms with Gasteiger partial charge < -0.3 is 9.97 Å². The van der Waals surface area contributed by atoms with Crippen molar-refractivity contribution in [2.45, 2.75) is 6.92 Å². The van der Waals surface area contributed by atoms with E-state index in [2.05, 4.69) is 24.9 Å². The zero-order valence-electron chi connectivity index (χ0n) is 16.0. The molecule has 0 radical (unpaired) electrons. The number of aromatic amines is 2. The molecule has 0 amide bonds. The van der Waals surface area contributed by atoms with E-state index < -0.39 is 5.82 Å². The van der Waals surface area contributed by atoms with Crippen LogP contribution < -0.4 is 5.56 Å². The summed E-state index contributed by atoms with van der Waals surface area (Å²) < 4.78 is 14.7. The van der Waals surface area contributed by atoms with E-state index in [1.165, 1.54) is 24.4 Å². The summed E-state index contributed by atoms with van der Waals surface area (Å²) in [5.41, 5.74) is 2.64. The predicted octanol–water partition coefficient (Wildman–Crippen LogP) is 4.50. The number of benzene rings is 1. The van der Waals surface area contributed by atoms with Crippen LogP contribution in [-0.4, -0.2) is 24.9 Å². The first-order valence-corrected chi connectivity index (χ1v) is 9.58. The van der Waals surface area contributed by atoms with Crippen LogP contribution in [0.15, 0.2) is 47.4 Å². The Balaban J connectivity index is 1.81. The number of nitrogens with zero attached hydrogens (tertiary/aromatic N) is 4. The molecule has 4 aromatic heterocycles. The predicted molar refractivity (Wildman–Crippen MR) is 115 cm³/mol. The maximum atomic E-state index is 14.7. The van der Waals surface area contributed by atoms with Gasteiger partial charge in [-0.15, -0.1) is 0 Å². The Kier molecular flexibility index (Phi) is 4.27. The molecule has 0 saturated carbocycles. The number of nitriles is 1. The molecule has 31 heavy (non-hydrogen) atoms. The maximum absolute atomic E-state index is 14.7. The summed E-state index contributed by atoms with van der Waals surface area (Å²) in [6, 6.07) is 11.1. The molecule has 7 nitrogen and oxygen atoms in total. The number of nitrogens with one attached hydrogen (secondary N) is 2. The second-order valence-electron chi connectivity index (χ2n) is 6.92. The lowest BCUT2D eigenvalue weighted by Crippen LogP contribution is -2.10.